The molecule has 0 spiro atoms. The van der Waals surface area contributed by atoms with Crippen molar-refractivity contribution >= 4 is 5.91 Å². The standard InChI is InChI=1S/C26H20F3N5O2/c27-26(28,29)20-3-1-4-22(13-20)36-24-6-2-5-23(33-24)25(35)32-12-11-21-15-31-17-34(21)16-19-9-7-18(14-30)8-10-19/h1-10,13,15,17H,11-12,16H2,(H,32,35). The molecule has 0 bridgehead atoms. The number of nitrogens with one attached hydrogen (secondary N) is 1. The zero-order valence-corrected chi connectivity index (χ0v) is 18.9. The Morgan fingerprint density at radius 2 is 1.86 bits per heavy atom. The number of amides is 1. The highest BCUT2D eigenvalue weighted by molar-refractivity contribution is 5.92. The van der Waals surface area contributed by atoms with Crippen LogP contribution in [0.15, 0.2) is 79.3 Å². The van der Waals surface area contributed by atoms with Gasteiger partial charge in [0.05, 0.1) is 23.5 Å². The molecular weight excluding hydrogens is 471 g/mol. The van der Waals surface area contributed by atoms with Crippen LogP contribution in [0, 0.1) is 11.3 Å². The first-order valence-electron chi connectivity index (χ1n) is 10.9. The second kappa shape index (κ2) is 10.7. The van der Waals surface area contributed by atoms with Gasteiger partial charge in [0.1, 0.15) is 11.4 Å². The minimum atomic E-state index is -4.49. The summed E-state index contributed by atoms with van der Waals surface area (Å²) in [5.74, 6) is -0.476. The average molecular weight is 491 g/mol. The third-order valence-corrected chi connectivity index (χ3v) is 5.24. The summed E-state index contributed by atoms with van der Waals surface area (Å²) in [6, 6.07) is 18.3. The minimum absolute atomic E-state index is 0.00228. The number of nitrogens with zero attached hydrogens (tertiary/aromatic N) is 4. The summed E-state index contributed by atoms with van der Waals surface area (Å²) < 4.78 is 46.1. The van der Waals surface area contributed by atoms with Crippen LogP contribution in [-0.2, 0) is 19.1 Å². The van der Waals surface area contributed by atoms with Crippen molar-refractivity contribution in [1.29, 1.82) is 5.26 Å². The van der Waals surface area contributed by atoms with E-state index in [1.807, 2.05) is 16.7 Å². The normalized spacial score (nSPS) is 11.1. The smallest absolute Gasteiger partial charge is 0.416 e. The van der Waals surface area contributed by atoms with E-state index in [1.165, 1.54) is 30.3 Å². The number of ether oxygens (including phenoxy) is 1. The van der Waals surface area contributed by atoms with E-state index in [0.717, 1.165) is 23.4 Å². The first-order chi connectivity index (χ1) is 17.3. The molecule has 0 fully saturated rings. The van der Waals surface area contributed by atoms with Gasteiger partial charge in [-0.25, -0.2) is 9.97 Å². The largest absolute Gasteiger partial charge is 0.439 e. The third-order valence-electron chi connectivity index (χ3n) is 5.24. The molecule has 0 saturated carbocycles. The van der Waals surface area contributed by atoms with E-state index in [9.17, 15) is 18.0 Å². The van der Waals surface area contributed by atoms with E-state index in [4.69, 9.17) is 10.00 Å². The highest BCUT2D eigenvalue weighted by atomic mass is 19.4. The van der Waals surface area contributed by atoms with Crippen molar-refractivity contribution in [2.45, 2.75) is 19.1 Å². The van der Waals surface area contributed by atoms with Crippen LogP contribution in [0.25, 0.3) is 0 Å². The Morgan fingerprint density at radius 3 is 2.61 bits per heavy atom. The number of carbonyl (C=O) groups excluding carboxylic acids is 1. The Bertz CT molecular complexity index is 1390. The maximum Gasteiger partial charge on any atom is 0.416 e. The molecule has 0 unspecified atom stereocenters. The molecule has 4 aromatic rings. The van der Waals surface area contributed by atoms with Gasteiger partial charge in [-0.1, -0.05) is 24.3 Å². The van der Waals surface area contributed by atoms with Gasteiger partial charge in [0.15, 0.2) is 0 Å². The van der Waals surface area contributed by atoms with Crippen LogP contribution < -0.4 is 10.1 Å². The topological polar surface area (TPSA) is 92.8 Å². The third kappa shape index (κ3) is 6.27. The number of benzene rings is 2. The lowest BCUT2D eigenvalue weighted by atomic mass is 10.1. The van der Waals surface area contributed by atoms with E-state index in [1.54, 1.807) is 24.7 Å². The Balaban J connectivity index is 1.34. The summed E-state index contributed by atoms with van der Waals surface area (Å²) in [4.78, 5) is 20.9. The summed E-state index contributed by atoms with van der Waals surface area (Å²) in [5, 5.41) is 11.7. The number of aromatic nitrogens is 3. The molecule has 0 aliphatic heterocycles. The van der Waals surface area contributed by atoms with Crippen molar-refractivity contribution in [3.63, 3.8) is 0 Å². The summed E-state index contributed by atoms with van der Waals surface area (Å²) >= 11 is 0. The zero-order chi connectivity index (χ0) is 25.5. The maximum atomic E-state index is 12.9. The fourth-order valence-electron chi connectivity index (χ4n) is 3.43. The van der Waals surface area contributed by atoms with E-state index in [2.05, 4.69) is 21.4 Å². The number of halogens is 3. The first kappa shape index (κ1) is 24.5. The van der Waals surface area contributed by atoms with Gasteiger partial charge < -0.3 is 14.6 Å². The molecule has 0 aliphatic carbocycles. The lowest BCUT2D eigenvalue weighted by Crippen LogP contribution is -2.27. The highest BCUT2D eigenvalue weighted by Gasteiger charge is 2.30. The molecule has 1 amide bonds. The van der Waals surface area contributed by atoms with E-state index in [-0.39, 0.29) is 17.3 Å². The van der Waals surface area contributed by atoms with Gasteiger partial charge in [-0.3, -0.25) is 4.79 Å². The van der Waals surface area contributed by atoms with Gasteiger partial charge in [0.25, 0.3) is 5.91 Å². The second-order valence-corrected chi connectivity index (χ2v) is 7.82. The van der Waals surface area contributed by atoms with Crippen LogP contribution >= 0.6 is 0 Å². The lowest BCUT2D eigenvalue weighted by molar-refractivity contribution is -0.137. The Morgan fingerprint density at radius 1 is 1.08 bits per heavy atom. The molecule has 0 radical (unpaired) electrons. The van der Waals surface area contributed by atoms with Gasteiger partial charge in [0.2, 0.25) is 5.88 Å². The van der Waals surface area contributed by atoms with Crippen molar-refractivity contribution in [2.24, 2.45) is 0 Å². The molecule has 182 valence electrons. The molecule has 0 atom stereocenters. The number of alkyl halides is 3. The van der Waals surface area contributed by atoms with Gasteiger partial charge >= 0.3 is 6.18 Å². The monoisotopic (exact) mass is 491 g/mol. The fourth-order valence-corrected chi connectivity index (χ4v) is 3.43. The van der Waals surface area contributed by atoms with Crippen LogP contribution in [-0.4, -0.2) is 27.0 Å². The number of hydrogen-bond acceptors (Lipinski definition) is 5. The first-order valence-corrected chi connectivity index (χ1v) is 10.9. The molecule has 4 rings (SSSR count). The molecule has 0 saturated heterocycles. The number of hydrogen-bond donors (Lipinski definition) is 1. The molecule has 2 aromatic carbocycles. The van der Waals surface area contributed by atoms with Crippen LogP contribution in [0.2, 0.25) is 0 Å². The number of carbonyl (C=O) groups is 1. The van der Waals surface area contributed by atoms with Gasteiger partial charge in [-0.15, -0.1) is 0 Å². The Hall–Kier alpha value is -4.65. The summed E-state index contributed by atoms with van der Waals surface area (Å²) in [5.41, 5.74) is 1.75. The van der Waals surface area contributed by atoms with Crippen molar-refractivity contribution in [3.8, 4) is 17.7 Å². The lowest BCUT2D eigenvalue weighted by Gasteiger charge is -2.11. The number of imidazole rings is 1. The number of pyridine rings is 1. The number of nitriles is 1. The molecule has 1 N–H and O–H groups in total. The summed E-state index contributed by atoms with van der Waals surface area (Å²) in [7, 11) is 0. The van der Waals surface area contributed by atoms with Crippen molar-refractivity contribution in [3.05, 3.63) is 107 Å². The average Bonchev–Trinajstić information content (AvgIpc) is 3.31. The fraction of sp³-hybridized carbons (Fsp3) is 0.154. The zero-order valence-electron chi connectivity index (χ0n) is 18.9. The molecule has 10 heteroatoms. The predicted octanol–water partition coefficient (Wildman–Crippen LogP) is 4.98. The highest BCUT2D eigenvalue weighted by Crippen LogP contribution is 2.32. The van der Waals surface area contributed by atoms with Crippen LogP contribution in [0.5, 0.6) is 11.6 Å². The van der Waals surface area contributed by atoms with E-state index >= 15 is 0 Å². The second-order valence-electron chi connectivity index (χ2n) is 7.82. The Kier molecular flexibility index (Phi) is 7.30. The summed E-state index contributed by atoms with van der Waals surface area (Å²) in [6.07, 6.45) is -0.558. The molecule has 7 nitrogen and oxygen atoms in total. The molecule has 36 heavy (non-hydrogen) atoms. The van der Waals surface area contributed by atoms with Crippen LogP contribution in [0.1, 0.15) is 32.9 Å². The van der Waals surface area contributed by atoms with Crippen molar-refractivity contribution in [1.82, 2.24) is 19.9 Å². The van der Waals surface area contributed by atoms with Crippen molar-refractivity contribution in [2.75, 3.05) is 6.54 Å². The number of rotatable bonds is 8. The van der Waals surface area contributed by atoms with E-state index in [0.29, 0.717) is 25.1 Å². The molecule has 2 heterocycles. The Labute approximate surface area is 204 Å². The maximum absolute atomic E-state index is 12.9. The van der Waals surface area contributed by atoms with Crippen molar-refractivity contribution < 1.29 is 22.7 Å². The summed E-state index contributed by atoms with van der Waals surface area (Å²) in [6.45, 7) is 0.893. The quantitative estimate of drug-likeness (QED) is 0.375. The molecule has 0 aliphatic rings. The van der Waals surface area contributed by atoms with Gasteiger partial charge in [-0.2, -0.15) is 18.4 Å². The SMILES string of the molecule is N#Cc1ccc(Cn2cncc2CCNC(=O)c2cccc(Oc3cccc(C(F)(F)F)c3)n2)cc1. The van der Waals surface area contributed by atoms with E-state index < -0.39 is 17.6 Å². The van der Waals surface area contributed by atoms with Gasteiger partial charge in [-0.05, 0) is 42.0 Å². The van der Waals surface area contributed by atoms with Crippen LogP contribution in [0.4, 0.5) is 13.2 Å². The molecule has 2 aromatic heterocycles. The minimum Gasteiger partial charge on any atom is -0.439 e. The van der Waals surface area contributed by atoms with Crippen LogP contribution in [0.3, 0.4) is 0 Å². The predicted molar refractivity (Wildman–Crippen MR) is 124 cm³/mol. The van der Waals surface area contributed by atoms with Gasteiger partial charge in [0, 0.05) is 37.5 Å². The molecular formula is C26H20F3N5O2.